The minimum atomic E-state index is 1.14. The fourth-order valence-corrected chi connectivity index (χ4v) is 10.1. The maximum Gasteiger partial charge on any atom is 0.0540 e. The SMILES string of the molecule is c1cc(-c2ccc3c(c2)sc2ccccc23)cc(N(c2ccc3ccc4cccc5ccc2c3c45)c2ccc3ccc4cccc5ccc2c3c45)c1. The van der Waals surface area contributed by atoms with Gasteiger partial charge in [0.2, 0.25) is 0 Å². The summed E-state index contributed by atoms with van der Waals surface area (Å²) in [6, 6.07) is 65.7. The fourth-order valence-electron chi connectivity index (χ4n) is 8.97. The summed E-state index contributed by atoms with van der Waals surface area (Å²) in [5, 5.41) is 18.1. The lowest BCUT2D eigenvalue weighted by Gasteiger charge is -2.30. The highest BCUT2D eigenvalue weighted by Gasteiger charge is 2.22. The Morgan fingerprint density at radius 3 is 1.42 bits per heavy atom. The van der Waals surface area contributed by atoms with E-state index in [1.54, 1.807) is 0 Å². The highest BCUT2D eigenvalue weighted by Crippen LogP contribution is 2.48. The molecular weight excluding hydrogens is 647 g/mol. The zero-order chi connectivity index (χ0) is 33.9. The van der Waals surface area contributed by atoms with Crippen molar-refractivity contribution in [2.45, 2.75) is 0 Å². The van der Waals surface area contributed by atoms with Crippen molar-refractivity contribution in [3.05, 3.63) is 176 Å². The molecule has 0 aliphatic heterocycles. The number of rotatable bonds is 4. The Morgan fingerprint density at radius 2 is 0.788 bits per heavy atom. The van der Waals surface area contributed by atoms with E-state index < -0.39 is 0 Å². The zero-order valence-electron chi connectivity index (χ0n) is 28.1. The molecule has 12 aromatic rings. The van der Waals surface area contributed by atoms with E-state index in [-0.39, 0.29) is 0 Å². The lowest BCUT2D eigenvalue weighted by molar-refractivity contribution is 1.32. The molecule has 11 aromatic carbocycles. The topological polar surface area (TPSA) is 3.24 Å². The summed E-state index contributed by atoms with van der Waals surface area (Å²) in [5.74, 6) is 0. The molecular formula is C50H29NS. The number of fused-ring (bicyclic) bond motifs is 3. The monoisotopic (exact) mass is 675 g/mol. The van der Waals surface area contributed by atoms with Gasteiger partial charge in [0.25, 0.3) is 0 Å². The molecule has 0 amide bonds. The normalized spacial score (nSPS) is 12.2. The molecule has 0 aliphatic carbocycles. The molecule has 0 fully saturated rings. The lowest BCUT2D eigenvalue weighted by Crippen LogP contribution is -2.11. The lowest BCUT2D eigenvalue weighted by atomic mass is 9.91. The molecule has 52 heavy (non-hydrogen) atoms. The predicted molar refractivity (Wildman–Crippen MR) is 227 cm³/mol. The smallest absolute Gasteiger partial charge is 0.0540 e. The van der Waals surface area contributed by atoms with E-state index >= 15 is 0 Å². The zero-order valence-corrected chi connectivity index (χ0v) is 28.9. The molecule has 2 heteroatoms. The van der Waals surface area contributed by atoms with Crippen molar-refractivity contribution in [3.8, 4) is 11.1 Å². The summed E-state index contributed by atoms with van der Waals surface area (Å²) in [5.41, 5.74) is 5.93. The van der Waals surface area contributed by atoms with Crippen LogP contribution in [0.2, 0.25) is 0 Å². The highest BCUT2D eigenvalue weighted by molar-refractivity contribution is 7.25. The molecule has 1 nitrogen and oxygen atoms in total. The first kappa shape index (κ1) is 28.2. The van der Waals surface area contributed by atoms with Crippen molar-refractivity contribution in [1.82, 2.24) is 0 Å². The Bertz CT molecular complexity index is 3190. The number of thiophene rings is 1. The minimum Gasteiger partial charge on any atom is -0.309 e. The van der Waals surface area contributed by atoms with Gasteiger partial charge in [0, 0.05) is 36.6 Å². The van der Waals surface area contributed by atoms with E-state index in [1.165, 1.54) is 107 Å². The fraction of sp³-hybridized carbons (Fsp3) is 0. The number of benzene rings is 11. The Hall–Kier alpha value is -6.48. The van der Waals surface area contributed by atoms with Crippen LogP contribution in [-0.4, -0.2) is 0 Å². The first-order valence-electron chi connectivity index (χ1n) is 17.9. The van der Waals surface area contributed by atoms with Crippen molar-refractivity contribution in [1.29, 1.82) is 0 Å². The maximum atomic E-state index is 2.51. The van der Waals surface area contributed by atoms with Gasteiger partial charge in [-0.15, -0.1) is 11.3 Å². The molecule has 0 aliphatic rings. The van der Waals surface area contributed by atoms with Crippen LogP contribution in [0.5, 0.6) is 0 Å². The molecule has 0 unspecified atom stereocenters. The summed E-state index contributed by atoms with van der Waals surface area (Å²) in [4.78, 5) is 2.51. The number of anilines is 3. The molecule has 0 spiro atoms. The summed E-state index contributed by atoms with van der Waals surface area (Å²) < 4.78 is 2.65. The van der Waals surface area contributed by atoms with Crippen LogP contribution in [0, 0.1) is 0 Å². The van der Waals surface area contributed by atoms with Crippen LogP contribution >= 0.6 is 11.3 Å². The van der Waals surface area contributed by atoms with Gasteiger partial charge in [-0.3, -0.25) is 0 Å². The van der Waals surface area contributed by atoms with E-state index in [4.69, 9.17) is 0 Å². The molecule has 12 rings (SSSR count). The number of hydrogen-bond donors (Lipinski definition) is 0. The van der Waals surface area contributed by atoms with Gasteiger partial charge in [-0.2, -0.15) is 0 Å². The van der Waals surface area contributed by atoms with Gasteiger partial charge in [0.1, 0.15) is 0 Å². The maximum absolute atomic E-state index is 2.51. The number of nitrogens with zero attached hydrogens (tertiary/aromatic N) is 1. The third-order valence-corrected chi connectivity index (χ3v) is 12.4. The third kappa shape index (κ3) is 3.93. The summed E-state index contributed by atoms with van der Waals surface area (Å²) in [6.45, 7) is 0. The first-order valence-corrected chi connectivity index (χ1v) is 18.7. The standard InChI is InChI=1S/C50H29NS/c1-2-13-45-39(12-1)40-23-20-37(29-46(40)52-45)36-10-5-11-38(28-36)51(43-26-21-34-16-14-30-6-3-8-32-18-24-41(43)49(34)47(30)32)44-27-22-35-17-15-31-7-4-9-33-19-25-42(44)50(35)48(31)33/h1-29H. The average Bonchev–Trinajstić information content (AvgIpc) is 3.58. The first-order chi connectivity index (χ1) is 25.8. The molecule has 0 atom stereocenters. The van der Waals surface area contributed by atoms with E-state index in [0.29, 0.717) is 0 Å². The van der Waals surface area contributed by atoms with Crippen molar-refractivity contribution >= 4 is 113 Å². The molecule has 0 radical (unpaired) electrons. The molecule has 1 heterocycles. The molecule has 0 saturated heterocycles. The van der Waals surface area contributed by atoms with Gasteiger partial charge in [0.15, 0.2) is 0 Å². The van der Waals surface area contributed by atoms with Gasteiger partial charge in [-0.25, -0.2) is 0 Å². The van der Waals surface area contributed by atoms with Gasteiger partial charge in [-0.05, 0) is 101 Å². The van der Waals surface area contributed by atoms with Crippen LogP contribution in [0.1, 0.15) is 0 Å². The molecule has 0 N–H and O–H groups in total. The van der Waals surface area contributed by atoms with Gasteiger partial charge in [0.05, 0.1) is 11.4 Å². The minimum absolute atomic E-state index is 1.14. The Balaban J connectivity index is 1.14. The molecule has 0 bridgehead atoms. The van der Waals surface area contributed by atoms with E-state index in [9.17, 15) is 0 Å². The van der Waals surface area contributed by atoms with Crippen LogP contribution in [0.3, 0.4) is 0 Å². The Kier molecular flexibility index (Phi) is 5.71. The number of hydrogen-bond acceptors (Lipinski definition) is 2. The van der Waals surface area contributed by atoms with Crippen LogP contribution in [0.25, 0.3) is 95.9 Å². The van der Waals surface area contributed by atoms with E-state index in [1.807, 2.05) is 11.3 Å². The second-order valence-electron chi connectivity index (χ2n) is 14.1. The largest absolute Gasteiger partial charge is 0.309 e. The van der Waals surface area contributed by atoms with Crippen molar-refractivity contribution in [2.75, 3.05) is 4.90 Å². The third-order valence-electron chi connectivity index (χ3n) is 11.3. The van der Waals surface area contributed by atoms with Crippen LogP contribution in [0.15, 0.2) is 176 Å². The summed E-state index contributed by atoms with van der Waals surface area (Å²) in [6.07, 6.45) is 0. The Labute approximate surface area is 303 Å². The van der Waals surface area contributed by atoms with Gasteiger partial charge >= 0.3 is 0 Å². The van der Waals surface area contributed by atoms with Crippen LogP contribution < -0.4 is 4.90 Å². The van der Waals surface area contributed by atoms with Crippen molar-refractivity contribution < 1.29 is 0 Å². The van der Waals surface area contributed by atoms with Crippen molar-refractivity contribution in [2.24, 2.45) is 0 Å². The molecule has 240 valence electrons. The quantitative estimate of drug-likeness (QED) is 0.168. The molecule has 1 aromatic heterocycles. The highest BCUT2D eigenvalue weighted by atomic mass is 32.1. The molecule has 0 saturated carbocycles. The van der Waals surface area contributed by atoms with Crippen LogP contribution in [0.4, 0.5) is 17.1 Å². The van der Waals surface area contributed by atoms with E-state index in [2.05, 4.69) is 181 Å². The van der Waals surface area contributed by atoms with Crippen molar-refractivity contribution in [3.63, 3.8) is 0 Å². The van der Waals surface area contributed by atoms with E-state index in [0.717, 1.165) is 5.69 Å². The second kappa shape index (κ2) is 10.5. The second-order valence-corrected chi connectivity index (χ2v) is 15.2. The predicted octanol–water partition coefficient (Wildman–Crippen LogP) is 15.0. The van der Waals surface area contributed by atoms with Gasteiger partial charge < -0.3 is 4.90 Å². The average molecular weight is 676 g/mol. The summed E-state index contributed by atoms with van der Waals surface area (Å²) >= 11 is 1.87. The Morgan fingerprint density at radius 1 is 0.308 bits per heavy atom. The van der Waals surface area contributed by atoms with Crippen LogP contribution in [-0.2, 0) is 0 Å². The van der Waals surface area contributed by atoms with Gasteiger partial charge in [-0.1, -0.05) is 140 Å². The summed E-state index contributed by atoms with van der Waals surface area (Å²) in [7, 11) is 0.